The summed E-state index contributed by atoms with van der Waals surface area (Å²) in [5.74, 6) is 1.37. The average molecular weight is 211 g/mol. The van der Waals surface area contributed by atoms with Gasteiger partial charge in [0.15, 0.2) is 5.76 Å². The molecular weight excluding hydrogens is 198 g/mol. The van der Waals surface area contributed by atoms with Crippen molar-refractivity contribution in [3.05, 3.63) is 54.4 Å². The summed E-state index contributed by atoms with van der Waals surface area (Å²) in [6.45, 7) is 5.67. The molecule has 0 bridgehead atoms. The molecule has 2 nitrogen and oxygen atoms in total. The van der Waals surface area contributed by atoms with E-state index < -0.39 is 0 Å². The van der Waals surface area contributed by atoms with Gasteiger partial charge in [-0.15, -0.1) is 0 Å². The second-order valence-electron chi connectivity index (χ2n) is 3.34. The van der Waals surface area contributed by atoms with Crippen molar-refractivity contribution in [2.24, 2.45) is 0 Å². The Morgan fingerprint density at radius 2 is 2.00 bits per heavy atom. The summed E-state index contributed by atoms with van der Waals surface area (Å²) in [6, 6.07) is 9.83. The molecule has 2 aromatic rings. The monoisotopic (exact) mass is 211 g/mol. The summed E-state index contributed by atoms with van der Waals surface area (Å²) >= 11 is 0. The lowest BCUT2D eigenvalue weighted by Gasteiger charge is -1.92. The van der Waals surface area contributed by atoms with Gasteiger partial charge in [0.05, 0.1) is 0 Å². The molecule has 0 aliphatic rings. The van der Waals surface area contributed by atoms with Gasteiger partial charge in [0.25, 0.3) is 0 Å². The smallest absolute Gasteiger partial charge is 0.227 e. The summed E-state index contributed by atoms with van der Waals surface area (Å²) in [4.78, 5) is 4.38. The third-order valence-electron chi connectivity index (χ3n) is 2.21. The number of allylic oxidation sites excluding steroid dienone is 1. The highest BCUT2D eigenvalue weighted by Gasteiger charge is 2.09. The highest BCUT2D eigenvalue weighted by atomic mass is 16.4. The van der Waals surface area contributed by atoms with E-state index in [1.807, 2.05) is 49.4 Å². The van der Waals surface area contributed by atoms with Gasteiger partial charge >= 0.3 is 0 Å². The Bertz CT molecular complexity index is 509. The van der Waals surface area contributed by atoms with Crippen LogP contribution in [0.4, 0.5) is 0 Å². The van der Waals surface area contributed by atoms with Crippen LogP contribution in [0, 0.1) is 0 Å². The number of hydrogen-bond acceptors (Lipinski definition) is 2. The van der Waals surface area contributed by atoms with Gasteiger partial charge in [-0.05, 0) is 31.2 Å². The van der Waals surface area contributed by atoms with Crippen molar-refractivity contribution in [1.82, 2.24) is 4.98 Å². The van der Waals surface area contributed by atoms with Crippen LogP contribution >= 0.6 is 0 Å². The molecule has 0 N–H and O–H groups in total. The first kappa shape index (κ1) is 10.4. The Morgan fingerprint density at radius 1 is 1.25 bits per heavy atom. The molecule has 0 spiro atoms. The van der Waals surface area contributed by atoms with Gasteiger partial charge in [-0.25, -0.2) is 4.98 Å². The quantitative estimate of drug-likeness (QED) is 0.766. The van der Waals surface area contributed by atoms with Crippen LogP contribution in [-0.2, 0) is 0 Å². The van der Waals surface area contributed by atoms with Crippen molar-refractivity contribution in [2.45, 2.75) is 6.92 Å². The van der Waals surface area contributed by atoms with Gasteiger partial charge in [-0.3, -0.25) is 0 Å². The summed E-state index contributed by atoms with van der Waals surface area (Å²) in [7, 11) is 0. The number of aromatic nitrogens is 1. The fourth-order valence-corrected chi connectivity index (χ4v) is 1.46. The molecule has 0 unspecified atom stereocenters. The summed E-state index contributed by atoms with van der Waals surface area (Å²) in [6.07, 6.45) is 5.50. The van der Waals surface area contributed by atoms with Crippen LogP contribution in [0.5, 0.6) is 0 Å². The zero-order chi connectivity index (χ0) is 11.4. The highest BCUT2D eigenvalue weighted by Crippen LogP contribution is 2.23. The molecule has 0 amide bonds. The molecule has 1 aromatic heterocycles. The van der Waals surface area contributed by atoms with Crippen molar-refractivity contribution < 1.29 is 4.42 Å². The van der Waals surface area contributed by atoms with E-state index >= 15 is 0 Å². The van der Waals surface area contributed by atoms with Crippen LogP contribution < -0.4 is 0 Å². The van der Waals surface area contributed by atoms with Gasteiger partial charge in [0.1, 0.15) is 5.69 Å². The fourth-order valence-electron chi connectivity index (χ4n) is 1.46. The van der Waals surface area contributed by atoms with Crippen molar-refractivity contribution in [3.8, 4) is 11.5 Å². The van der Waals surface area contributed by atoms with E-state index in [1.165, 1.54) is 0 Å². The molecule has 0 fully saturated rings. The summed E-state index contributed by atoms with van der Waals surface area (Å²) in [5, 5.41) is 0. The molecule has 0 saturated carbocycles. The van der Waals surface area contributed by atoms with Crippen LogP contribution in [-0.4, -0.2) is 4.98 Å². The van der Waals surface area contributed by atoms with Crippen molar-refractivity contribution in [1.29, 1.82) is 0 Å². The lowest BCUT2D eigenvalue weighted by Crippen LogP contribution is -1.76. The van der Waals surface area contributed by atoms with E-state index in [0.717, 1.165) is 17.0 Å². The average Bonchev–Trinajstić information content (AvgIpc) is 2.74. The zero-order valence-electron chi connectivity index (χ0n) is 9.18. The molecule has 2 heteroatoms. The molecule has 1 aromatic carbocycles. The Labute approximate surface area is 94.9 Å². The maximum absolute atomic E-state index is 5.66. The molecule has 80 valence electrons. The lowest BCUT2D eigenvalue weighted by molar-refractivity contribution is 0.564. The Morgan fingerprint density at radius 3 is 2.62 bits per heavy atom. The first-order chi connectivity index (χ1) is 7.85. The molecule has 0 atom stereocenters. The molecule has 1 heterocycles. The van der Waals surface area contributed by atoms with Crippen LogP contribution in [0.15, 0.2) is 47.4 Å². The Balaban J connectivity index is 2.48. The second kappa shape index (κ2) is 4.62. The maximum Gasteiger partial charge on any atom is 0.227 e. The van der Waals surface area contributed by atoms with Crippen LogP contribution in [0.3, 0.4) is 0 Å². The maximum atomic E-state index is 5.66. The number of hydrogen-bond donors (Lipinski definition) is 0. The van der Waals surface area contributed by atoms with E-state index in [1.54, 1.807) is 6.08 Å². The first-order valence-corrected chi connectivity index (χ1v) is 5.16. The fraction of sp³-hybridized carbons (Fsp3) is 0.0714. The molecule has 0 radical (unpaired) electrons. The minimum atomic E-state index is 0.628. The first-order valence-electron chi connectivity index (χ1n) is 5.16. The van der Waals surface area contributed by atoms with E-state index in [-0.39, 0.29) is 0 Å². The number of oxazole rings is 1. The number of nitrogens with zero attached hydrogens (tertiary/aromatic N) is 1. The minimum absolute atomic E-state index is 0.628. The van der Waals surface area contributed by atoms with Crippen molar-refractivity contribution in [3.63, 3.8) is 0 Å². The van der Waals surface area contributed by atoms with Gasteiger partial charge in [-0.2, -0.15) is 0 Å². The van der Waals surface area contributed by atoms with E-state index in [4.69, 9.17) is 4.42 Å². The van der Waals surface area contributed by atoms with Crippen molar-refractivity contribution in [2.75, 3.05) is 0 Å². The van der Waals surface area contributed by atoms with Crippen LogP contribution in [0.25, 0.3) is 23.6 Å². The van der Waals surface area contributed by atoms with E-state index in [9.17, 15) is 0 Å². The van der Waals surface area contributed by atoms with Crippen molar-refractivity contribution >= 4 is 12.2 Å². The van der Waals surface area contributed by atoms with Gasteiger partial charge in [-0.1, -0.05) is 30.9 Å². The molecule has 0 aliphatic heterocycles. The third-order valence-corrected chi connectivity index (χ3v) is 2.21. The van der Waals surface area contributed by atoms with E-state index in [2.05, 4.69) is 11.6 Å². The molecule has 0 aliphatic carbocycles. The molecule has 16 heavy (non-hydrogen) atoms. The Kier molecular flexibility index (Phi) is 3.01. The minimum Gasteiger partial charge on any atom is -0.436 e. The number of rotatable bonds is 3. The van der Waals surface area contributed by atoms with Gasteiger partial charge < -0.3 is 4.42 Å². The molecule has 0 saturated heterocycles. The van der Waals surface area contributed by atoms with Gasteiger partial charge in [0.2, 0.25) is 5.89 Å². The topological polar surface area (TPSA) is 26.0 Å². The van der Waals surface area contributed by atoms with Crippen LogP contribution in [0.2, 0.25) is 0 Å². The molecule has 2 rings (SSSR count). The SMILES string of the molecule is C=Cc1nc(-c2ccccc2)oc1/C=C\C. The summed E-state index contributed by atoms with van der Waals surface area (Å²) in [5.41, 5.74) is 1.75. The predicted molar refractivity (Wildman–Crippen MR) is 66.7 cm³/mol. The third kappa shape index (κ3) is 1.96. The van der Waals surface area contributed by atoms with Crippen LogP contribution in [0.1, 0.15) is 18.4 Å². The van der Waals surface area contributed by atoms with Gasteiger partial charge in [0, 0.05) is 5.56 Å². The predicted octanol–water partition coefficient (Wildman–Crippen LogP) is 4.02. The lowest BCUT2D eigenvalue weighted by atomic mass is 10.2. The number of benzene rings is 1. The second-order valence-corrected chi connectivity index (χ2v) is 3.34. The standard InChI is InChI=1S/C14H13NO/c1-3-8-13-12(4-2)15-14(16-13)11-9-6-5-7-10-11/h3-10H,2H2,1H3/b8-3-. The van der Waals surface area contributed by atoms with E-state index in [0.29, 0.717) is 5.89 Å². The normalized spacial score (nSPS) is 10.8. The Hall–Kier alpha value is -2.09. The molecular formula is C14H13NO. The summed E-state index contributed by atoms with van der Waals surface area (Å²) < 4.78 is 5.66. The zero-order valence-corrected chi connectivity index (χ0v) is 9.18. The largest absolute Gasteiger partial charge is 0.436 e. The highest BCUT2D eigenvalue weighted by molar-refractivity contribution is 5.62.